The van der Waals surface area contributed by atoms with Crippen LogP contribution in [0.4, 0.5) is 5.00 Å². The Hall–Kier alpha value is -1.06. The van der Waals surface area contributed by atoms with Crippen molar-refractivity contribution in [2.45, 2.75) is 11.3 Å². The van der Waals surface area contributed by atoms with Crippen LogP contribution in [0.1, 0.15) is 6.92 Å². The molecule has 0 aromatic carbocycles. The number of nitrogens with zero attached hydrogens (tertiary/aromatic N) is 2. The number of hydrogen-bond acceptors (Lipinski definition) is 5. The van der Waals surface area contributed by atoms with Crippen molar-refractivity contribution in [3.63, 3.8) is 0 Å². The fourth-order valence-corrected chi connectivity index (χ4v) is 1.90. The Kier molecular flexibility index (Phi) is 3.08. The molecule has 0 unspecified atom stereocenters. The first-order chi connectivity index (χ1) is 5.72. The maximum Gasteiger partial charge on any atom is 0.221 e. The molecular formula is C6H5N3OS2. The zero-order valence-corrected chi connectivity index (χ0v) is 7.83. The van der Waals surface area contributed by atoms with Crippen molar-refractivity contribution in [1.82, 2.24) is 4.98 Å². The van der Waals surface area contributed by atoms with Crippen molar-refractivity contribution >= 4 is 34.0 Å². The molecule has 0 fully saturated rings. The van der Waals surface area contributed by atoms with Crippen LogP contribution in [0.15, 0.2) is 10.5 Å². The Morgan fingerprint density at radius 2 is 2.67 bits per heavy atom. The summed E-state index contributed by atoms with van der Waals surface area (Å²) in [6, 6.07) is 0. The van der Waals surface area contributed by atoms with Gasteiger partial charge in [-0.2, -0.15) is 5.26 Å². The number of carbonyl (C=O) groups excluding carboxylic acids is 1. The van der Waals surface area contributed by atoms with E-state index in [2.05, 4.69) is 10.3 Å². The van der Waals surface area contributed by atoms with E-state index >= 15 is 0 Å². The number of hydrogen-bond donors (Lipinski definition) is 1. The van der Waals surface area contributed by atoms with E-state index in [0.29, 0.717) is 9.34 Å². The monoisotopic (exact) mass is 199 g/mol. The van der Waals surface area contributed by atoms with E-state index < -0.39 is 0 Å². The minimum absolute atomic E-state index is 0.132. The molecule has 62 valence electrons. The number of thiocyanates is 1. The lowest BCUT2D eigenvalue weighted by atomic mass is 10.7. The first-order valence-corrected chi connectivity index (χ1v) is 4.65. The van der Waals surface area contributed by atoms with Gasteiger partial charge in [-0.05, 0) is 0 Å². The molecule has 0 aliphatic carbocycles. The van der Waals surface area contributed by atoms with Gasteiger partial charge in [0.15, 0.2) is 4.34 Å². The van der Waals surface area contributed by atoms with Crippen LogP contribution in [-0.4, -0.2) is 10.9 Å². The van der Waals surface area contributed by atoms with Gasteiger partial charge in [0, 0.05) is 18.7 Å². The van der Waals surface area contributed by atoms with Gasteiger partial charge in [0.05, 0.1) is 6.20 Å². The number of anilines is 1. The highest BCUT2D eigenvalue weighted by atomic mass is 32.2. The van der Waals surface area contributed by atoms with Crippen LogP contribution < -0.4 is 5.32 Å². The normalized spacial score (nSPS) is 9.00. The molecule has 1 heterocycles. The van der Waals surface area contributed by atoms with Gasteiger partial charge in [0.25, 0.3) is 0 Å². The SMILES string of the molecule is CC(=O)Nc1cnc(SC#N)s1. The van der Waals surface area contributed by atoms with Crippen molar-refractivity contribution < 1.29 is 4.79 Å². The number of aromatic nitrogens is 1. The van der Waals surface area contributed by atoms with E-state index in [1.54, 1.807) is 0 Å². The zero-order valence-electron chi connectivity index (χ0n) is 6.20. The Balaban J connectivity index is 2.65. The van der Waals surface area contributed by atoms with Gasteiger partial charge < -0.3 is 5.32 Å². The fraction of sp³-hybridized carbons (Fsp3) is 0.167. The fourth-order valence-electron chi connectivity index (χ4n) is 0.576. The summed E-state index contributed by atoms with van der Waals surface area (Å²) in [6.45, 7) is 1.43. The van der Waals surface area contributed by atoms with Gasteiger partial charge in [0.2, 0.25) is 5.91 Å². The lowest BCUT2D eigenvalue weighted by Crippen LogP contribution is -2.03. The van der Waals surface area contributed by atoms with Crippen molar-refractivity contribution in [2.75, 3.05) is 5.32 Å². The highest BCUT2D eigenvalue weighted by Gasteiger charge is 2.02. The summed E-state index contributed by atoms with van der Waals surface area (Å²) in [4.78, 5) is 14.5. The molecule has 12 heavy (non-hydrogen) atoms. The summed E-state index contributed by atoms with van der Waals surface area (Å²) in [5, 5.41) is 13.5. The third-order valence-corrected chi connectivity index (χ3v) is 2.50. The van der Waals surface area contributed by atoms with Crippen molar-refractivity contribution in [1.29, 1.82) is 5.26 Å². The molecule has 0 aliphatic rings. The van der Waals surface area contributed by atoms with Gasteiger partial charge in [-0.25, -0.2) is 4.98 Å². The molecule has 0 saturated carbocycles. The van der Waals surface area contributed by atoms with E-state index in [1.165, 1.54) is 24.5 Å². The Morgan fingerprint density at radius 3 is 3.25 bits per heavy atom. The number of nitriles is 1. The van der Waals surface area contributed by atoms with Gasteiger partial charge in [-0.15, -0.1) is 0 Å². The first kappa shape index (κ1) is 9.03. The van der Waals surface area contributed by atoms with Gasteiger partial charge in [0.1, 0.15) is 10.4 Å². The summed E-state index contributed by atoms with van der Waals surface area (Å²) >= 11 is 2.27. The molecule has 1 aromatic heterocycles. The largest absolute Gasteiger partial charge is 0.317 e. The molecule has 4 nitrogen and oxygen atoms in total. The molecular weight excluding hydrogens is 194 g/mol. The maximum absolute atomic E-state index is 10.6. The van der Waals surface area contributed by atoms with Crippen LogP contribution >= 0.6 is 23.1 Å². The van der Waals surface area contributed by atoms with Crippen molar-refractivity contribution in [3.8, 4) is 5.40 Å². The third kappa shape index (κ3) is 2.53. The minimum Gasteiger partial charge on any atom is -0.317 e. The predicted molar refractivity (Wildman–Crippen MR) is 47.9 cm³/mol. The van der Waals surface area contributed by atoms with Gasteiger partial charge >= 0.3 is 0 Å². The van der Waals surface area contributed by atoms with E-state index in [4.69, 9.17) is 5.26 Å². The van der Waals surface area contributed by atoms with E-state index in [0.717, 1.165) is 11.8 Å². The molecule has 0 aliphatic heterocycles. The summed E-state index contributed by atoms with van der Waals surface area (Å²) in [7, 11) is 0. The first-order valence-electron chi connectivity index (χ1n) is 3.01. The van der Waals surface area contributed by atoms with E-state index in [-0.39, 0.29) is 5.91 Å². The zero-order chi connectivity index (χ0) is 8.97. The lowest BCUT2D eigenvalue weighted by molar-refractivity contribution is -0.114. The minimum atomic E-state index is -0.132. The van der Waals surface area contributed by atoms with Crippen LogP contribution in [0, 0.1) is 10.7 Å². The molecule has 0 atom stereocenters. The van der Waals surface area contributed by atoms with E-state index in [9.17, 15) is 4.79 Å². The molecule has 1 rings (SSSR count). The Morgan fingerprint density at radius 1 is 1.92 bits per heavy atom. The number of carbonyl (C=O) groups is 1. The molecule has 0 spiro atoms. The van der Waals surface area contributed by atoms with Crippen LogP contribution in [0.5, 0.6) is 0 Å². The van der Waals surface area contributed by atoms with Crippen LogP contribution in [0.2, 0.25) is 0 Å². The maximum atomic E-state index is 10.6. The molecule has 0 saturated heterocycles. The summed E-state index contributed by atoms with van der Waals surface area (Å²) in [6.07, 6.45) is 1.53. The average molecular weight is 199 g/mol. The molecule has 1 N–H and O–H groups in total. The average Bonchev–Trinajstić information content (AvgIpc) is 2.36. The van der Waals surface area contributed by atoms with Crippen LogP contribution in [0.25, 0.3) is 0 Å². The summed E-state index contributed by atoms with van der Waals surface area (Å²) in [5.41, 5.74) is 0. The van der Waals surface area contributed by atoms with Gasteiger partial charge in [-0.3, -0.25) is 4.79 Å². The Labute approximate surface area is 77.6 Å². The van der Waals surface area contributed by atoms with Gasteiger partial charge in [-0.1, -0.05) is 11.3 Å². The predicted octanol–water partition coefficient (Wildman–Crippen LogP) is 1.67. The number of thioether (sulfide) groups is 1. The highest BCUT2D eigenvalue weighted by Crippen LogP contribution is 2.26. The third-order valence-electron chi connectivity index (χ3n) is 0.917. The van der Waals surface area contributed by atoms with Crippen molar-refractivity contribution in [3.05, 3.63) is 6.20 Å². The quantitative estimate of drug-likeness (QED) is 0.581. The summed E-state index contributed by atoms with van der Waals surface area (Å²) < 4.78 is 0.640. The van der Waals surface area contributed by atoms with Crippen molar-refractivity contribution in [2.24, 2.45) is 0 Å². The second kappa shape index (κ2) is 4.09. The molecule has 6 heteroatoms. The second-order valence-corrected chi connectivity index (χ2v) is 3.93. The number of nitrogens with one attached hydrogen (secondary N) is 1. The Bertz CT molecular complexity index is 328. The van der Waals surface area contributed by atoms with E-state index in [1.807, 2.05) is 5.40 Å². The molecule has 0 radical (unpaired) electrons. The standard InChI is InChI=1S/C6H5N3OS2/c1-4(10)9-5-2-8-6(12-5)11-3-7/h2H,1H3,(H,9,10). The second-order valence-electron chi connectivity index (χ2n) is 1.86. The lowest BCUT2D eigenvalue weighted by Gasteiger charge is -1.91. The number of rotatable bonds is 2. The smallest absolute Gasteiger partial charge is 0.221 e. The van der Waals surface area contributed by atoms with Crippen LogP contribution in [0.3, 0.4) is 0 Å². The number of amides is 1. The molecule has 0 bridgehead atoms. The van der Waals surface area contributed by atoms with Crippen LogP contribution in [-0.2, 0) is 4.79 Å². The topological polar surface area (TPSA) is 65.8 Å². The molecule has 1 amide bonds. The number of thiazole rings is 1. The summed E-state index contributed by atoms with van der Waals surface area (Å²) in [5.74, 6) is -0.132. The highest BCUT2D eigenvalue weighted by molar-refractivity contribution is 8.05. The molecule has 1 aromatic rings.